The molecule has 4 heteroatoms. The van der Waals surface area contributed by atoms with Crippen molar-refractivity contribution in [1.29, 1.82) is 0 Å². The first-order chi connectivity index (χ1) is 9.47. The van der Waals surface area contributed by atoms with E-state index in [-0.39, 0.29) is 11.9 Å². The molecule has 0 spiro atoms. The largest absolute Gasteiger partial charge is 0.353 e. The molecule has 1 atom stereocenters. The predicted octanol–water partition coefficient (Wildman–Crippen LogP) is 3.17. The lowest BCUT2D eigenvalue weighted by Crippen LogP contribution is -2.34. The maximum atomic E-state index is 11.8. The molecule has 0 aliphatic rings. The molecule has 0 aliphatic carbocycles. The molecule has 0 heterocycles. The highest BCUT2D eigenvalue weighted by molar-refractivity contribution is 6.30. The van der Waals surface area contributed by atoms with Crippen LogP contribution in [0, 0.1) is 0 Å². The zero-order chi connectivity index (χ0) is 15.0. The molecule has 0 saturated heterocycles. The summed E-state index contributed by atoms with van der Waals surface area (Å²) in [5, 5.41) is 7.07. The fraction of sp³-hybridized carbons (Fsp3) is 0.562. The summed E-state index contributed by atoms with van der Waals surface area (Å²) in [4.78, 5) is 11.8. The van der Waals surface area contributed by atoms with E-state index >= 15 is 0 Å². The van der Waals surface area contributed by atoms with Crippen LogP contribution in [0.3, 0.4) is 0 Å². The number of halogens is 1. The third-order valence-electron chi connectivity index (χ3n) is 2.97. The Morgan fingerprint density at radius 2 is 2.05 bits per heavy atom. The van der Waals surface area contributed by atoms with E-state index in [1.165, 1.54) is 0 Å². The quantitative estimate of drug-likeness (QED) is 0.724. The van der Waals surface area contributed by atoms with Crippen LogP contribution in [-0.2, 0) is 11.2 Å². The van der Waals surface area contributed by atoms with Crippen molar-refractivity contribution in [3.63, 3.8) is 0 Å². The molecule has 0 fully saturated rings. The minimum absolute atomic E-state index is 0.116. The van der Waals surface area contributed by atoms with Gasteiger partial charge in [0.1, 0.15) is 0 Å². The lowest BCUT2D eigenvalue weighted by Gasteiger charge is -2.14. The van der Waals surface area contributed by atoms with Gasteiger partial charge in [-0.1, -0.05) is 37.6 Å². The molecule has 0 radical (unpaired) electrons. The fourth-order valence-electron chi connectivity index (χ4n) is 2.06. The van der Waals surface area contributed by atoms with Crippen LogP contribution in [0.4, 0.5) is 0 Å². The molecule has 1 unspecified atom stereocenters. The Balaban J connectivity index is 2.24. The molecule has 1 aromatic rings. The average molecular weight is 297 g/mol. The van der Waals surface area contributed by atoms with Crippen LogP contribution in [0.1, 0.15) is 39.2 Å². The minimum Gasteiger partial charge on any atom is -0.353 e. The Hall–Kier alpha value is -1.06. The fourth-order valence-corrected chi connectivity index (χ4v) is 2.27. The Morgan fingerprint density at radius 3 is 2.70 bits per heavy atom. The van der Waals surface area contributed by atoms with Crippen molar-refractivity contribution < 1.29 is 4.79 Å². The molecule has 0 bridgehead atoms. The summed E-state index contributed by atoms with van der Waals surface area (Å²) in [6.07, 6.45) is 2.24. The van der Waals surface area contributed by atoms with Crippen LogP contribution < -0.4 is 10.6 Å². The van der Waals surface area contributed by atoms with E-state index in [0.717, 1.165) is 30.0 Å². The van der Waals surface area contributed by atoms with Gasteiger partial charge < -0.3 is 10.6 Å². The first kappa shape index (κ1) is 17.0. The number of rotatable bonds is 8. The number of hydrogen-bond acceptors (Lipinski definition) is 2. The number of hydrogen-bond donors (Lipinski definition) is 2. The summed E-state index contributed by atoms with van der Waals surface area (Å²) in [5.74, 6) is 0.116. The molecule has 112 valence electrons. The van der Waals surface area contributed by atoms with Crippen LogP contribution in [0.15, 0.2) is 24.3 Å². The molecule has 1 rings (SSSR count). The van der Waals surface area contributed by atoms with Gasteiger partial charge in [0.25, 0.3) is 0 Å². The van der Waals surface area contributed by atoms with Gasteiger partial charge in [-0.25, -0.2) is 0 Å². The SMILES string of the molecule is CC(C)NCCCC(=O)NC(C)Cc1cccc(Cl)c1. The van der Waals surface area contributed by atoms with Gasteiger partial charge in [0.2, 0.25) is 5.91 Å². The second-order valence-corrected chi connectivity index (χ2v) is 5.95. The first-order valence-electron chi connectivity index (χ1n) is 7.24. The summed E-state index contributed by atoms with van der Waals surface area (Å²) in [6.45, 7) is 7.11. The van der Waals surface area contributed by atoms with Crippen LogP contribution >= 0.6 is 11.6 Å². The van der Waals surface area contributed by atoms with E-state index in [1.54, 1.807) is 0 Å². The van der Waals surface area contributed by atoms with E-state index in [9.17, 15) is 4.79 Å². The summed E-state index contributed by atoms with van der Waals surface area (Å²) in [5.41, 5.74) is 1.15. The zero-order valence-electron chi connectivity index (χ0n) is 12.6. The van der Waals surface area contributed by atoms with Crippen LogP contribution in [0.2, 0.25) is 5.02 Å². The highest BCUT2D eigenvalue weighted by Crippen LogP contribution is 2.12. The van der Waals surface area contributed by atoms with Crippen molar-refractivity contribution in [3.8, 4) is 0 Å². The number of carbonyl (C=O) groups excluding carboxylic acids is 1. The highest BCUT2D eigenvalue weighted by atomic mass is 35.5. The molecular formula is C16H25ClN2O. The Bertz CT molecular complexity index is 421. The van der Waals surface area contributed by atoms with Gasteiger partial charge in [-0.2, -0.15) is 0 Å². The van der Waals surface area contributed by atoms with Crippen molar-refractivity contribution in [3.05, 3.63) is 34.9 Å². The van der Waals surface area contributed by atoms with Crippen LogP contribution in [0.25, 0.3) is 0 Å². The molecular weight excluding hydrogens is 272 g/mol. The van der Waals surface area contributed by atoms with Gasteiger partial charge in [-0.3, -0.25) is 4.79 Å². The van der Waals surface area contributed by atoms with Crippen LogP contribution in [-0.4, -0.2) is 24.5 Å². The summed E-state index contributed by atoms with van der Waals surface area (Å²) >= 11 is 5.95. The number of nitrogens with one attached hydrogen (secondary N) is 2. The molecule has 3 nitrogen and oxygen atoms in total. The second-order valence-electron chi connectivity index (χ2n) is 5.51. The van der Waals surface area contributed by atoms with Gasteiger partial charge in [0.05, 0.1) is 0 Å². The van der Waals surface area contributed by atoms with E-state index in [1.807, 2.05) is 31.2 Å². The van der Waals surface area contributed by atoms with Gasteiger partial charge in [-0.05, 0) is 44.0 Å². The molecule has 0 aromatic heterocycles. The maximum absolute atomic E-state index is 11.8. The summed E-state index contributed by atoms with van der Waals surface area (Å²) < 4.78 is 0. The number of carbonyl (C=O) groups is 1. The van der Waals surface area contributed by atoms with Crippen molar-refractivity contribution in [2.75, 3.05) is 6.54 Å². The van der Waals surface area contributed by atoms with E-state index in [2.05, 4.69) is 24.5 Å². The maximum Gasteiger partial charge on any atom is 0.220 e. The second kappa shape index (κ2) is 8.98. The predicted molar refractivity (Wildman–Crippen MR) is 85.1 cm³/mol. The molecule has 2 N–H and O–H groups in total. The lowest BCUT2D eigenvalue weighted by molar-refractivity contribution is -0.121. The van der Waals surface area contributed by atoms with Crippen molar-refractivity contribution in [1.82, 2.24) is 10.6 Å². The van der Waals surface area contributed by atoms with E-state index < -0.39 is 0 Å². The van der Waals surface area contributed by atoms with Gasteiger partial charge in [-0.15, -0.1) is 0 Å². The molecule has 20 heavy (non-hydrogen) atoms. The van der Waals surface area contributed by atoms with Crippen LogP contribution in [0.5, 0.6) is 0 Å². The van der Waals surface area contributed by atoms with Crippen molar-refractivity contribution in [2.24, 2.45) is 0 Å². The minimum atomic E-state index is 0.116. The first-order valence-corrected chi connectivity index (χ1v) is 7.62. The lowest BCUT2D eigenvalue weighted by atomic mass is 10.1. The number of benzene rings is 1. The van der Waals surface area contributed by atoms with Crippen molar-refractivity contribution in [2.45, 2.75) is 52.1 Å². The monoisotopic (exact) mass is 296 g/mol. The van der Waals surface area contributed by atoms with E-state index in [4.69, 9.17) is 11.6 Å². The Kier molecular flexibility index (Phi) is 7.63. The number of amides is 1. The third-order valence-corrected chi connectivity index (χ3v) is 3.21. The third kappa shape index (κ3) is 7.51. The summed E-state index contributed by atoms with van der Waals surface area (Å²) in [6, 6.07) is 8.36. The van der Waals surface area contributed by atoms with Crippen molar-refractivity contribution >= 4 is 17.5 Å². The Morgan fingerprint density at radius 1 is 1.30 bits per heavy atom. The highest BCUT2D eigenvalue weighted by Gasteiger charge is 2.08. The van der Waals surface area contributed by atoms with Gasteiger partial charge in [0.15, 0.2) is 0 Å². The molecule has 1 amide bonds. The molecule has 0 saturated carbocycles. The average Bonchev–Trinajstić information content (AvgIpc) is 2.34. The standard InChI is InChI=1S/C16H25ClN2O/c1-12(2)18-9-5-8-16(20)19-13(3)10-14-6-4-7-15(17)11-14/h4,6-7,11-13,18H,5,8-10H2,1-3H3,(H,19,20). The Labute approximate surface area is 127 Å². The van der Waals surface area contributed by atoms with Gasteiger partial charge in [0, 0.05) is 23.5 Å². The van der Waals surface area contributed by atoms with E-state index in [0.29, 0.717) is 12.5 Å². The normalized spacial score (nSPS) is 12.4. The van der Waals surface area contributed by atoms with Gasteiger partial charge >= 0.3 is 0 Å². The summed E-state index contributed by atoms with van der Waals surface area (Å²) in [7, 11) is 0. The zero-order valence-corrected chi connectivity index (χ0v) is 13.3. The molecule has 1 aromatic carbocycles. The molecule has 0 aliphatic heterocycles. The topological polar surface area (TPSA) is 41.1 Å². The smallest absolute Gasteiger partial charge is 0.220 e.